The van der Waals surface area contributed by atoms with E-state index in [1.54, 1.807) is 0 Å². The van der Waals surface area contributed by atoms with Gasteiger partial charge in [0.1, 0.15) is 5.69 Å². The van der Waals surface area contributed by atoms with Crippen molar-refractivity contribution in [2.75, 3.05) is 19.5 Å². The minimum absolute atomic E-state index is 0.0507. The highest BCUT2D eigenvalue weighted by atomic mass is 35.5. The van der Waals surface area contributed by atoms with Crippen molar-refractivity contribution in [3.63, 3.8) is 0 Å². The number of halogens is 1. The fourth-order valence-corrected chi connectivity index (χ4v) is 1.97. The van der Waals surface area contributed by atoms with Crippen molar-refractivity contribution in [1.82, 2.24) is 10.2 Å². The topological polar surface area (TPSA) is 110 Å². The Morgan fingerprint density at radius 2 is 1.65 bits per heavy atom. The third-order valence-electron chi connectivity index (χ3n) is 2.85. The number of ether oxygens (including phenoxy) is 2. The molecule has 0 atom stereocenters. The molecule has 0 fully saturated rings. The largest absolute Gasteiger partial charge is 0.465 e. The lowest BCUT2D eigenvalue weighted by Gasteiger charge is -2.09. The number of benzene rings is 1. The number of hydrogen-bond acceptors (Lipinski definition) is 6. The quantitative estimate of drug-likeness (QED) is 0.824. The van der Waals surface area contributed by atoms with E-state index in [9.17, 15) is 14.4 Å². The summed E-state index contributed by atoms with van der Waals surface area (Å²) in [6.07, 6.45) is 1.28. The molecule has 1 heterocycles. The second-order valence-electron chi connectivity index (χ2n) is 4.33. The zero-order valence-electron chi connectivity index (χ0n) is 12.2. The Balaban J connectivity index is 2.37. The maximum atomic E-state index is 12.1. The van der Waals surface area contributed by atoms with Crippen LogP contribution >= 0.6 is 11.6 Å². The number of esters is 2. The maximum Gasteiger partial charge on any atom is 0.337 e. The number of methoxy groups -OCH3 is 2. The summed E-state index contributed by atoms with van der Waals surface area (Å²) in [5.74, 6) is -1.90. The Hall–Kier alpha value is -2.87. The third kappa shape index (κ3) is 3.67. The number of aromatic nitrogens is 2. The summed E-state index contributed by atoms with van der Waals surface area (Å²) in [6, 6.07) is 4.03. The number of amides is 1. The van der Waals surface area contributed by atoms with Gasteiger partial charge in [-0.25, -0.2) is 9.59 Å². The van der Waals surface area contributed by atoms with Crippen LogP contribution in [0.1, 0.15) is 31.2 Å². The van der Waals surface area contributed by atoms with Crippen LogP contribution in [0.25, 0.3) is 0 Å². The predicted molar refractivity (Wildman–Crippen MR) is 80.7 cm³/mol. The monoisotopic (exact) mass is 337 g/mol. The Labute approximate surface area is 135 Å². The summed E-state index contributed by atoms with van der Waals surface area (Å²) in [7, 11) is 2.41. The molecule has 8 nitrogen and oxygen atoms in total. The molecule has 1 aromatic carbocycles. The van der Waals surface area contributed by atoms with Gasteiger partial charge in [-0.3, -0.25) is 9.89 Å². The number of hydrogen-bond donors (Lipinski definition) is 2. The molecule has 9 heteroatoms. The van der Waals surface area contributed by atoms with Crippen molar-refractivity contribution >= 4 is 35.1 Å². The van der Waals surface area contributed by atoms with Crippen LogP contribution in [0.4, 0.5) is 5.69 Å². The lowest BCUT2D eigenvalue weighted by Crippen LogP contribution is -2.15. The standard InChI is InChI=1S/C14H12ClN3O5/c1-22-13(20)7-3-8(14(21)23-2)5-9(4-7)17-12(19)11-10(15)6-16-18-11/h3-6H,1-2H3,(H,16,18)(H,17,19). The minimum atomic E-state index is -0.661. The van der Waals surface area contributed by atoms with Crippen LogP contribution < -0.4 is 5.32 Å². The first-order valence-electron chi connectivity index (χ1n) is 6.28. The summed E-state index contributed by atoms with van der Waals surface area (Å²) >= 11 is 5.81. The highest BCUT2D eigenvalue weighted by Gasteiger charge is 2.17. The molecule has 1 amide bonds. The molecule has 23 heavy (non-hydrogen) atoms. The van der Waals surface area contributed by atoms with E-state index in [-0.39, 0.29) is 27.5 Å². The van der Waals surface area contributed by atoms with Gasteiger partial charge in [0.05, 0.1) is 36.6 Å². The highest BCUT2D eigenvalue weighted by molar-refractivity contribution is 6.34. The minimum Gasteiger partial charge on any atom is -0.465 e. The van der Waals surface area contributed by atoms with E-state index in [4.69, 9.17) is 11.6 Å². The van der Waals surface area contributed by atoms with E-state index >= 15 is 0 Å². The zero-order valence-corrected chi connectivity index (χ0v) is 12.9. The molecule has 0 spiro atoms. The molecule has 2 N–H and O–H groups in total. The van der Waals surface area contributed by atoms with Crippen LogP contribution in [-0.2, 0) is 9.47 Å². The second kappa shape index (κ2) is 6.93. The molecule has 0 saturated carbocycles. The van der Waals surface area contributed by atoms with E-state index in [1.807, 2.05) is 0 Å². The van der Waals surface area contributed by atoms with Crippen molar-refractivity contribution in [3.8, 4) is 0 Å². The molecule has 0 aliphatic heterocycles. The Morgan fingerprint density at radius 1 is 1.09 bits per heavy atom. The number of carbonyl (C=O) groups excluding carboxylic acids is 3. The van der Waals surface area contributed by atoms with Gasteiger partial charge in [0, 0.05) is 5.69 Å². The van der Waals surface area contributed by atoms with Crippen LogP contribution in [0.5, 0.6) is 0 Å². The number of nitrogens with zero attached hydrogens (tertiary/aromatic N) is 1. The first-order chi connectivity index (χ1) is 11.0. The van der Waals surface area contributed by atoms with Gasteiger partial charge in [0.15, 0.2) is 0 Å². The number of anilines is 1. The van der Waals surface area contributed by atoms with Crippen molar-refractivity contribution in [3.05, 3.63) is 46.2 Å². The maximum absolute atomic E-state index is 12.1. The summed E-state index contributed by atoms with van der Waals surface area (Å²) in [4.78, 5) is 35.4. The zero-order chi connectivity index (χ0) is 17.0. The molecule has 0 unspecified atom stereocenters. The number of rotatable bonds is 4. The van der Waals surface area contributed by atoms with Gasteiger partial charge in [-0.2, -0.15) is 5.10 Å². The summed E-state index contributed by atoms with van der Waals surface area (Å²) in [5, 5.41) is 8.73. The molecule has 120 valence electrons. The molecule has 0 aliphatic carbocycles. The van der Waals surface area contributed by atoms with Crippen LogP contribution in [-0.4, -0.2) is 42.3 Å². The SMILES string of the molecule is COC(=O)c1cc(NC(=O)c2[nH]ncc2Cl)cc(C(=O)OC)c1. The van der Waals surface area contributed by atoms with Gasteiger partial charge in [0.25, 0.3) is 5.91 Å². The van der Waals surface area contributed by atoms with E-state index in [0.29, 0.717) is 0 Å². The Bertz CT molecular complexity index is 737. The highest BCUT2D eigenvalue weighted by Crippen LogP contribution is 2.19. The van der Waals surface area contributed by atoms with Crippen LogP contribution in [0.15, 0.2) is 24.4 Å². The fourth-order valence-electron chi connectivity index (χ4n) is 1.80. The first kappa shape index (κ1) is 16.5. The van der Waals surface area contributed by atoms with Gasteiger partial charge in [-0.05, 0) is 18.2 Å². The van der Waals surface area contributed by atoms with E-state index in [1.165, 1.54) is 38.6 Å². The summed E-state index contributed by atoms with van der Waals surface area (Å²) < 4.78 is 9.23. The number of carbonyl (C=O) groups is 3. The predicted octanol–water partition coefficient (Wildman–Crippen LogP) is 1.89. The van der Waals surface area contributed by atoms with Crippen molar-refractivity contribution < 1.29 is 23.9 Å². The van der Waals surface area contributed by atoms with Crippen LogP contribution in [0, 0.1) is 0 Å². The second-order valence-corrected chi connectivity index (χ2v) is 4.74. The van der Waals surface area contributed by atoms with Gasteiger partial charge in [-0.1, -0.05) is 11.6 Å². The lowest BCUT2D eigenvalue weighted by molar-refractivity contribution is 0.0599. The van der Waals surface area contributed by atoms with Gasteiger partial charge >= 0.3 is 11.9 Å². The number of aromatic amines is 1. The number of H-pyrrole nitrogens is 1. The van der Waals surface area contributed by atoms with E-state index in [2.05, 4.69) is 25.0 Å². The van der Waals surface area contributed by atoms with E-state index in [0.717, 1.165) is 0 Å². The lowest BCUT2D eigenvalue weighted by atomic mass is 10.1. The van der Waals surface area contributed by atoms with Crippen molar-refractivity contribution in [2.45, 2.75) is 0 Å². The Morgan fingerprint density at radius 3 is 2.09 bits per heavy atom. The summed E-state index contributed by atoms with van der Waals surface area (Å²) in [6.45, 7) is 0. The molecule has 0 saturated heterocycles. The summed E-state index contributed by atoms with van der Waals surface area (Å²) in [5.41, 5.74) is 0.418. The fraction of sp³-hybridized carbons (Fsp3) is 0.143. The van der Waals surface area contributed by atoms with Gasteiger partial charge in [0.2, 0.25) is 0 Å². The first-order valence-corrected chi connectivity index (χ1v) is 6.66. The average Bonchev–Trinajstić information content (AvgIpc) is 2.99. The normalized spacial score (nSPS) is 10.0. The molecule has 0 radical (unpaired) electrons. The molecule has 2 aromatic rings. The van der Waals surface area contributed by atoms with E-state index < -0.39 is 17.8 Å². The molecular weight excluding hydrogens is 326 g/mol. The molecule has 0 bridgehead atoms. The number of nitrogens with one attached hydrogen (secondary N) is 2. The average molecular weight is 338 g/mol. The van der Waals surface area contributed by atoms with Gasteiger partial charge < -0.3 is 14.8 Å². The van der Waals surface area contributed by atoms with Gasteiger partial charge in [-0.15, -0.1) is 0 Å². The van der Waals surface area contributed by atoms with Crippen LogP contribution in [0.2, 0.25) is 5.02 Å². The van der Waals surface area contributed by atoms with Crippen molar-refractivity contribution in [2.24, 2.45) is 0 Å². The molecule has 0 aliphatic rings. The van der Waals surface area contributed by atoms with Crippen LogP contribution in [0.3, 0.4) is 0 Å². The Kier molecular flexibility index (Phi) is 4.97. The smallest absolute Gasteiger partial charge is 0.337 e. The van der Waals surface area contributed by atoms with Crippen molar-refractivity contribution in [1.29, 1.82) is 0 Å². The third-order valence-corrected chi connectivity index (χ3v) is 3.14. The molecule has 1 aromatic heterocycles. The molecular formula is C14H12ClN3O5. The molecule has 2 rings (SSSR count).